The molecule has 0 saturated heterocycles. The Kier molecular flexibility index (Phi) is 5.19. The fourth-order valence-electron chi connectivity index (χ4n) is 1.91. The maximum absolute atomic E-state index is 11.7. The molecule has 1 rings (SSSR count). The molecule has 0 atom stereocenters. The third-order valence-electron chi connectivity index (χ3n) is 2.78. The van der Waals surface area contributed by atoms with Gasteiger partial charge in [-0.15, -0.1) is 0 Å². The van der Waals surface area contributed by atoms with Crippen LogP contribution < -0.4 is 0 Å². The summed E-state index contributed by atoms with van der Waals surface area (Å²) in [6, 6.07) is 0. The summed E-state index contributed by atoms with van der Waals surface area (Å²) in [6.45, 7) is 6.15. The summed E-state index contributed by atoms with van der Waals surface area (Å²) in [5.74, 6) is 0.728. The lowest BCUT2D eigenvalue weighted by Crippen LogP contribution is -2.06. The highest BCUT2D eigenvalue weighted by molar-refractivity contribution is 6.31. The first-order valence-corrected chi connectivity index (χ1v) is 6.55. The maximum Gasteiger partial charge on any atom is 0.133 e. The molecule has 4 heteroatoms. The van der Waals surface area contributed by atoms with E-state index in [9.17, 15) is 4.79 Å². The van der Waals surface area contributed by atoms with Crippen molar-refractivity contribution in [2.75, 3.05) is 0 Å². The van der Waals surface area contributed by atoms with E-state index in [1.54, 1.807) is 4.68 Å². The Bertz CT molecular complexity index is 396. The van der Waals surface area contributed by atoms with E-state index >= 15 is 0 Å². The molecule has 1 heterocycles. The summed E-state index contributed by atoms with van der Waals surface area (Å²) in [5, 5.41) is 5.07. The topological polar surface area (TPSA) is 34.9 Å². The Morgan fingerprint density at radius 3 is 2.59 bits per heavy atom. The average Bonchev–Trinajstić information content (AvgIpc) is 2.50. The Hall–Kier alpha value is -0.830. The number of hydrogen-bond acceptors (Lipinski definition) is 2. The van der Waals surface area contributed by atoms with Gasteiger partial charge in [-0.25, -0.2) is 0 Å². The molecule has 0 aromatic carbocycles. The molecule has 0 N–H and O–H groups in total. The highest BCUT2D eigenvalue weighted by Gasteiger charge is 2.14. The van der Waals surface area contributed by atoms with E-state index in [2.05, 4.69) is 18.9 Å². The molecule has 0 aliphatic rings. The van der Waals surface area contributed by atoms with Crippen LogP contribution in [0.2, 0.25) is 5.02 Å². The first kappa shape index (κ1) is 14.2. The molecule has 17 heavy (non-hydrogen) atoms. The van der Waals surface area contributed by atoms with Gasteiger partial charge in [0.15, 0.2) is 0 Å². The van der Waals surface area contributed by atoms with Crippen LogP contribution in [0.1, 0.15) is 45.0 Å². The minimum absolute atomic E-state index is 0.301. The Labute approximate surface area is 108 Å². The fraction of sp³-hybridized carbons (Fsp3) is 0.692. The highest BCUT2D eigenvalue weighted by Crippen LogP contribution is 2.22. The van der Waals surface area contributed by atoms with E-state index in [4.69, 9.17) is 11.6 Å². The van der Waals surface area contributed by atoms with Crippen molar-refractivity contribution < 1.29 is 4.79 Å². The van der Waals surface area contributed by atoms with E-state index in [1.807, 2.05) is 14.0 Å². The molecule has 0 aliphatic carbocycles. The van der Waals surface area contributed by atoms with Crippen LogP contribution >= 0.6 is 11.6 Å². The average molecular weight is 257 g/mol. The van der Waals surface area contributed by atoms with E-state index in [0.29, 0.717) is 31.0 Å². The number of rotatable bonds is 6. The minimum Gasteiger partial charge on any atom is -0.300 e. The molecular formula is C13H21ClN2O. The number of hydrogen-bond donors (Lipinski definition) is 0. The first-order valence-electron chi connectivity index (χ1n) is 6.17. The predicted molar refractivity (Wildman–Crippen MR) is 70.4 cm³/mol. The van der Waals surface area contributed by atoms with Crippen molar-refractivity contribution in [3.63, 3.8) is 0 Å². The van der Waals surface area contributed by atoms with Gasteiger partial charge in [0.1, 0.15) is 5.78 Å². The predicted octanol–water partition coefficient (Wildman–Crippen LogP) is 3.18. The van der Waals surface area contributed by atoms with Gasteiger partial charge < -0.3 is 0 Å². The zero-order valence-electron chi connectivity index (χ0n) is 11.1. The Morgan fingerprint density at radius 2 is 2.12 bits per heavy atom. The molecule has 0 unspecified atom stereocenters. The zero-order valence-corrected chi connectivity index (χ0v) is 11.8. The standard InChI is InChI=1S/C13H21ClN2O/c1-5-11-13(14)12(16(4)15-11)7-6-10(17)8-9(2)3/h9H,5-8H2,1-4H3. The molecule has 3 nitrogen and oxygen atoms in total. The lowest BCUT2D eigenvalue weighted by Gasteiger charge is -2.04. The second-order valence-corrected chi connectivity index (χ2v) is 5.20. The van der Waals surface area contributed by atoms with Gasteiger partial charge in [-0.2, -0.15) is 5.10 Å². The smallest absolute Gasteiger partial charge is 0.133 e. The van der Waals surface area contributed by atoms with Crippen LogP contribution in [0.5, 0.6) is 0 Å². The van der Waals surface area contributed by atoms with Crippen LogP contribution in [-0.2, 0) is 24.7 Å². The number of ketones is 1. The first-order chi connectivity index (χ1) is 7.95. The largest absolute Gasteiger partial charge is 0.300 e. The molecule has 0 radical (unpaired) electrons. The second kappa shape index (κ2) is 6.20. The molecule has 0 amide bonds. The lowest BCUT2D eigenvalue weighted by atomic mass is 10.0. The van der Waals surface area contributed by atoms with Gasteiger partial charge in [-0.05, 0) is 18.8 Å². The van der Waals surface area contributed by atoms with Crippen LogP contribution in [0.3, 0.4) is 0 Å². The normalized spacial score (nSPS) is 11.2. The minimum atomic E-state index is 0.301. The van der Waals surface area contributed by atoms with E-state index in [0.717, 1.165) is 22.8 Å². The molecule has 1 aromatic rings. The zero-order chi connectivity index (χ0) is 13.0. The number of halogens is 1. The molecule has 0 saturated carbocycles. The van der Waals surface area contributed by atoms with Gasteiger partial charge in [0.2, 0.25) is 0 Å². The van der Waals surface area contributed by atoms with Crippen LogP contribution in [0.4, 0.5) is 0 Å². The van der Waals surface area contributed by atoms with E-state index < -0.39 is 0 Å². The van der Waals surface area contributed by atoms with Crippen LogP contribution in [-0.4, -0.2) is 15.6 Å². The van der Waals surface area contributed by atoms with Crippen LogP contribution in [0.25, 0.3) is 0 Å². The number of aromatic nitrogens is 2. The quantitative estimate of drug-likeness (QED) is 0.784. The second-order valence-electron chi connectivity index (χ2n) is 4.82. The monoisotopic (exact) mass is 256 g/mol. The van der Waals surface area contributed by atoms with Crippen molar-refractivity contribution in [2.45, 2.75) is 46.5 Å². The molecular weight excluding hydrogens is 236 g/mol. The molecule has 0 spiro atoms. The number of carbonyl (C=O) groups is 1. The highest BCUT2D eigenvalue weighted by atomic mass is 35.5. The summed E-state index contributed by atoms with van der Waals surface area (Å²) in [6.07, 6.45) is 2.72. The van der Waals surface area contributed by atoms with Crippen LogP contribution in [0.15, 0.2) is 0 Å². The number of carbonyl (C=O) groups excluding carboxylic acids is 1. The molecule has 0 fully saturated rings. The third kappa shape index (κ3) is 3.84. The Balaban J connectivity index is 2.63. The summed E-state index contributed by atoms with van der Waals surface area (Å²) in [4.78, 5) is 11.7. The summed E-state index contributed by atoms with van der Waals surface area (Å²) < 4.78 is 1.80. The molecule has 1 aromatic heterocycles. The maximum atomic E-state index is 11.7. The van der Waals surface area contributed by atoms with Gasteiger partial charge in [0, 0.05) is 19.9 Å². The van der Waals surface area contributed by atoms with Crippen molar-refractivity contribution in [3.05, 3.63) is 16.4 Å². The van der Waals surface area contributed by atoms with Gasteiger partial charge in [0.25, 0.3) is 0 Å². The van der Waals surface area contributed by atoms with Crippen molar-refractivity contribution in [1.29, 1.82) is 0 Å². The Morgan fingerprint density at radius 1 is 1.47 bits per heavy atom. The number of nitrogens with zero attached hydrogens (tertiary/aromatic N) is 2. The van der Waals surface area contributed by atoms with Gasteiger partial charge in [-0.3, -0.25) is 9.48 Å². The summed E-state index contributed by atoms with van der Waals surface area (Å²) >= 11 is 6.22. The molecule has 96 valence electrons. The SMILES string of the molecule is CCc1nn(C)c(CCC(=O)CC(C)C)c1Cl. The van der Waals surface area contributed by atoms with Crippen LogP contribution in [0, 0.1) is 5.92 Å². The van der Waals surface area contributed by atoms with Crippen molar-refractivity contribution in [3.8, 4) is 0 Å². The molecule has 0 bridgehead atoms. The number of Topliss-reactive ketones (excluding diaryl/α,β-unsaturated/α-hetero) is 1. The molecule has 0 aliphatic heterocycles. The summed E-state index contributed by atoms with van der Waals surface area (Å²) in [5.41, 5.74) is 1.89. The van der Waals surface area contributed by atoms with Crippen molar-refractivity contribution in [2.24, 2.45) is 13.0 Å². The van der Waals surface area contributed by atoms with Crippen molar-refractivity contribution >= 4 is 17.4 Å². The van der Waals surface area contributed by atoms with Crippen molar-refractivity contribution in [1.82, 2.24) is 9.78 Å². The fourth-order valence-corrected chi connectivity index (χ4v) is 2.29. The van der Waals surface area contributed by atoms with Gasteiger partial charge >= 0.3 is 0 Å². The third-order valence-corrected chi connectivity index (χ3v) is 3.22. The lowest BCUT2D eigenvalue weighted by molar-refractivity contribution is -0.119. The number of aryl methyl sites for hydroxylation is 2. The van der Waals surface area contributed by atoms with Gasteiger partial charge in [0.05, 0.1) is 16.4 Å². The summed E-state index contributed by atoms with van der Waals surface area (Å²) in [7, 11) is 1.88. The van der Waals surface area contributed by atoms with E-state index in [1.165, 1.54) is 0 Å². The van der Waals surface area contributed by atoms with E-state index in [-0.39, 0.29) is 0 Å². The van der Waals surface area contributed by atoms with Gasteiger partial charge in [-0.1, -0.05) is 32.4 Å².